The van der Waals surface area contributed by atoms with E-state index in [1.807, 2.05) is 44.2 Å². The third kappa shape index (κ3) is 9.10. The van der Waals surface area contributed by atoms with Crippen LogP contribution in [0.1, 0.15) is 82.9 Å². The second-order valence-electron chi connectivity index (χ2n) is 14.6. The fourth-order valence-electron chi connectivity index (χ4n) is 6.68. The molecular weight excluding hydrogens is 619 g/mol. The molecule has 3 heterocycles. The number of carbonyl (C=O) groups excluding carboxylic acids is 3. The molecule has 1 aromatic heterocycles. The number of carbonyl (C=O) groups is 3. The molecule has 2 aliphatic heterocycles. The van der Waals surface area contributed by atoms with Crippen molar-refractivity contribution in [3.63, 3.8) is 0 Å². The first-order valence-corrected chi connectivity index (χ1v) is 17.3. The van der Waals surface area contributed by atoms with Gasteiger partial charge in [0.1, 0.15) is 17.5 Å². The highest BCUT2D eigenvalue weighted by molar-refractivity contribution is 5.94. The van der Waals surface area contributed by atoms with Gasteiger partial charge in [0, 0.05) is 32.7 Å². The van der Waals surface area contributed by atoms with Gasteiger partial charge in [-0.3, -0.25) is 9.59 Å². The number of piperidine rings is 1. The number of hydrogen-bond donors (Lipinski definition) is 0. The third-order valence-corrected chi connectivity index (χ3v) is 9.04. The van der Waals surface area contributed by atoms with E-state index in [4.69, 9.17) is 14.2 Å². The van der Waals surface area contributed by atoms with Gasteiger partial charge in [-0.1, -0.05) is 37.3 Å². The maximum absolute atomic E-state index is 14.7. The summed E-state index contributed by atoms with van der Waals surface area (Å²) in [5.74, 6) is -0.838. The van der Waals surface area contributed by atoms with Crippen molar-refractivity contribution in [1.29, 1.82) is 0 Å². The highest BCUT2D eigenvalue weighted by Crippen LogP contribution is 2.29. The second-order valence-corrected chi connectivity index (χ2v) is 14.6. The Morgan fingerprint density at radius 1 is 1.02 bits per heavy atom. The first kappa shape index (κ1) is 35.7. The van der Waals surface area contributed by atoms with Crippen molar-refractivity contribution in [3.8, 4) is 5.69 Å². The summed E-state index contributed by atoms with van der Waals surface area (Å²) in [7, 11) is 0. The number of nitrogens with zero attached hydrogens (tertiary/aromatic N) is 6. The maximum atomic E-state index is 14.7. The second kappa shape index (κ2) is 15.8. The van der Waals surface area contributed by atoms with E-state index in [1.54, 1.807) is 40.2 Å². The van der Waals surface area contributed by atoms with E-state index in [-0.39, 0.29) is 49.2 Å². The maximum Gasteiger partial charge on any atom is 0.410 e. The van der Waals surface area contributed by atoms with Gasteiger partial charge in [-0.05, 0) is 70.9 Å². The molecule has 3 amide bonds. The summed E-state index contributed by atoms with van der Waals surface area (Å²) in [6.45, 7) is 12.2. The summed E-state index contributed by atoms with van der Waals surface area (Å²) in [6.07, 6.45) is 1.06. The Morgan fingerprint density at radius 2 is 1.71 bits per heavy atom. The summed E-state index contributed by atoms with van der Waals surface area (Å²) in [6, 6.07) is 8.96. The molecule has 48 heavy (non-hydrogen) atoms. The number of amides is 3. The number of alkyl halides is 1. The standard InChI is InChI=1S/C35H51FN6O6/c1-24(2)20-41(28-19-25(32(43)39-15-17-46-18-16-39)21-40(22-28)34(45)48-35(3,4)5)33(44)31-30(23-47-29-13-11-26(36)12-14-29)42(38-37-31)27-9-7-6-8-10-27/h6-10,24-26,28-29H,11-23H2,1-5H3/t25-,26?,28+,29?/m1/s1. The molecule has 1 saturated carbocycles. The van der Waals surface area contributed by atoms with Crippen molar-refractivity contribution in [2.45, 2.75) is 97.2 Å². The van der Waals surface area contributed by atoms with Gasteiger partial charge in [0.2, 0.25) is 5.91 Å². The fraction of sp³-hybridized carbons (Fsp3) is 0.686. The molecule has 3 aliphatic rings. The Bertz CT molecular complexity index is 1380. The molecule has 0 N–H and O–H groups in total. The van der Waals surface area contributed by atoms with Crippen LogP contribution in [-0.4, -0.2) is 117 Å². The molecule has 0 radical (unpaired) electrons. The molecule has 2 atom stereocenters. The minimum atomic E-state index is -0.808. The van der Waals surface area contributed by atoms with Crippen molar-refractivity contribution < 1.29 is 33.0 Å². The molecule has 1 aliphatic carbocycles. The van der Waals surface area contributed by atoms with Crippen LogP contribution in [0.3, 0.4) is 0 Å². The van der Waals surface area contributed by atoms with Crippen LogP contribution in [0.4, 0.5) is 9.18 Å². The number of aromatic nitrogens is 3. The number of para-hydroxylation sites is 1. The number of morpholine rings is 1. The molecule has 264 valence electrons. The van der Waals surface area contributed by atoms with Crippen molar-refractivity contribution in [2.24, 2.45) is 11.8 Å². The van der Waals surface area contributed by atoms with Crippen molar-refractivity contribution in [2.75, 3.05) is 45.9 Å². The van der Waals surface area contributed by atoms with Crippen LogP contribution in [0, 0.1) is 11.8 Å². The van der Waals surface area contributed by atoms with E-state index >= 15 is 0 Å². The number of ether oxygens (including phenoxy) is 3. The molecule has 3 fully saturated rings. The average Bonchev–Trinajstić information content (AvgIpc) is 3.50. The van der Waals surface area contributed by atoms with Crippen LogP contribution in [-0.2, 0) is 25.6 Å². The SMILES string of the molecule is CC(C)CN(C(=O)c1nnn(-c2ccccc2)c1COC1CCC(F)CC1)[C@H]1C[C@@H](C(=O)N2CCOCC2)CN(C(=O)OC(C)(C)C)C1. The van der Waals surface area contributed by atoms with Crippen LogP contribution >= 0.6 is 0 Å². The van der Waals surface area contributed by atoms with Gasteiger partial charge in [0.15, 0.2) is 5.69 Å². The number of halogens is 1. The zero-order chi connectivity index (χ0) is 34.4. The summed E-state index contributed by atoms with van der Waals surface area (Å²) in [5, 5.41) is 8.81. The molecular formula is C35H51FN6O6. The lowest BCUT2D eigenvalue weighted by Crippen LogP contribution is -2.58. The van der Waals surface area contributed by atoms with Crippen LogP contribution in [0.15, 0.2) is 30.3 Å². The van der Waals surface area contributed by atoms with E-state index in [1.165, 1.54) is 0 Å². The predicted molar refractivity (Wildman–Crippen MR) is 176 cm³/mol. The van der Waals surface area contributed by atoms with Crippen molar-refractivity contribution in [3.05, 3.63) is 41.7 Å². The Morgan fingerprint density at radius 3 is 2.35 bits per heavy atom. The molecule has 2 aromatic rings. The summed E-state index contributed by atoms with van der Waals surface area (Å²) in [4.78, 5) is 47.1. The van der Waals surface area contributed by atoms with Crippen LogP contribution in [0.25, 0.3) is 5.69 Å². The Kier molecular flexibility index (Phi) is 11.7. The molecule has 5 rings (SSSR count). The number of likely N-dealkylation sites (tertiary alicyclic amines) is 1. The Balaban J connectivity index is 1.46. The number of benzene rings is 1. The monoisotopic (exact) mass is 670 g/mol. The van der Waals surface area contributed by atoms with Gasteiger partial charge in [-0.25, -0.2) is 13.9 Å². The molecule has 12 nitrogen and oxygen atoms in total. The number of rotatable bonds is 9. The Hall–Kier alpha value is -3.58. The topological polar surface area (TPSA) is 119 Å². The van der Waals surface area contributed by atoms with Crippen LogP contribution < -0.4 is 0 Å². The normalized spacial score (nSPS) is 23.6. The fourth-order valence-corrected chi connectivity index (χ4v) is 6.68. The van der Waals surface area contributed by atoms with E-state index in [2.05, 4.69) is 10.3 Å². The summed E-state index contributed by atoms with van der Waals surface area (Å²) >= 11 is 0. The van der Waals surface area contributed by atoms with Crippen LogP contribution in [0.5, 0.6) is 0 Å². The lowest BCUT2D eigenvalue weighted by molar-refractivity contribution is -0.142. The smallest absolute Gasteiger partial charge is 0.410 e. The minimum Gasteiger partial charge on any atom is -0.444 e. The van der Waals surface area contributed by atoms with E-state index in [9.17, 15) is 18.8 Å². The predicted octanol–water partition coefficient (Wildman–Crippen LogP) is 4.65. The summed E-state index contributed by atoms with van der Waals surface area (Å²) < 4.78 is 33.0. The zero-order valence-corrected chi connectivity index (χ0v) is 29.0. The summed E-state index contributed by atoms with van der Waals surface area (Å²) in [5.41, 5.74) is 0.665. The largest absolute Gasteiger partial charge is 0.444 e. The minimum absolute atomic E-state index is 0.0550. The van der Waals surface area contributed by atoms with Gasteiger partial charge in [0.25, 0.3) is 5.91 Å². The van der Waals surface area contributed by atoms with Gasteiger partial charge >= 0.3 is 6.09 Å². The highest BCUT2D eigenvalue weighted by atomic mass is 19.1. The molecule has 1 aromatic carbocycles. The van der Waals surface area contributed by atoms with Gasteiger partial charge in [0.05, 0.1) is 43.6 Å². The highest BCUT2D eigenvalue weighted by Gasteiger charge is 2.42. The first-order chi connectivity index (χ1) is 22.9. The van der Waals surface area contributed by atoms with Gasteiger partial charge < -0.3 is 28.9 Å². The Labute approximate surface area is 282 Å². The van der Waals surface area contributed by atoms with Crippen molar-refractivity contribution >= 4 is 17.9 Å². The third-order valence-electron chi connectivity index (χ3n) is 9.04. The quantitative estimate of drug-likeness (QED) is 0.379. The van der Waals surface area contributed by atoms with E-state index in [0.29, 0.717) is 70.6 Å². The lowest BCUT2D eigenvalue weighted by atomic mass is 9.91. The van der Waals surface area contributed by atoms with Gasteiger partial charge in [-0.15, -0.1) is 5.10 Å². The lowest BCUT2D eigenvalue weighted by Gasteiger charge is -2.44. The van der Waals surface area contributed by atoms with E-state index < -0.39 is 29.8 Å². The van der Waals surface area contributed by atoms with E-state index in [0.717, 1.165) is 5.69 Å². The first-order valence-electron chi connectivity index (χ1n) is 17.3. The van der Waals surface area contributed by atoms with Crippen molar-refractivity contribution in [1.82, 2.24) is 29.7 Å². The number of hydrogen-bond acceptors (Lipinski definition) is 8. The molecule has 0 unspecified atom stereocenters. The van der Waals surface area contributed by atoms with Crippen LogP contribution in [0.2, 0.25) is 0 Å². The zero-order valence-electron chi connectivity index (χ0n) is 29.0. The molecule has 2 saturated heterocycles. The molecule has 0 spiro atoms. The van der Waals surface area contributed by atoms with Gasteiger partial charge in [-0.2, -0.15) is 0 Å². The molecule has 13 heteroatoms. The molecule has 0 bridgehead atoms. The average molecular weight is 671 g/mol.